The first-order valence-electron chi connectivity index (χ1n) is 7.40. The predicted molar refractivity (Wildman–Crippen MR) is 83.1 cm³/mol. The summed E-state index contributed by atoms with van der Waals surface area (Å²) >= 11 is 0. The Balaban J connectivity index is 2.89. The van der Waals surface area contributed by atoms with Gasteiger partial charge in [-0.2, -0.15) is 0 Å². The van der Waals surface area contributed by atoms with Gasteiger partial charge in [0.2, 0.25) is 5.91 Å². The van der Waals surface area contributed by atoms with Gasteiger partial charge in [-0.15, -0.1) is 0 Å². The summed E-state index contributed by atoms with van der Waals surface area (Å²) in [7, 11) is 3.55. The fourth-order valence-corrected chi connectivity index (χ4v) is 2.37. The standard InChI is InChI=1S/C17H27NO2/c1-6-7-12-18(4)17(19)16(13(2)3)14-8-10-15(20-5)11-9-14/h8-11,13,16H,6-7,12H2,1-5H3. The topological polar surface area (TPSA) is 29.5 Å². The van der Waals surface area contributed by atoms with Gasteiger partial charge in [0.1, 0.15) is 5.75 Å². The summed E-state index contributed by atoms with van der Waals surface area (Å²) in [5, 5.41) is 0. The van der Waals surface area contributed by atoms with Gasteiger partial charge in [0, 0.05) is 13.6 Å². The first kappa shape index (κ1) is 16.5. The molecule has 0 aliphatic rings. The van der Waals surface area contributed by atoms with Crippen molar-refractivity contribution >= 4 is 5.91 Å². The van der Waals surface area contributed by atoms with Gasteiger partial charge >= 0.3 is 0 Å². The minimum absolute atomic E-state index is 0.0808. The maximum absolute atomic E-state index is 12.6. The van der Waals surface area contributed by atoms with Crippen molar-refractivity contribution in [3.8, 4) is 5.75 Å². The van der Waals surface area contributed by atoms with E-state index >= 15 is 0 Å². The summed E-state index contributed by atoms with van der Waals surface area (Å²) in [4.78, 5) is 14.5. The number of likely N-dealkylation sites (N-methyl/N-ethyl adjacent to an activating group) is 1. The van der Waals surface area contributed by atoms with E-state index in [0.717, 1.165) is 30.7 Å². The number of methoxy groups -OCH3 is 1. The molecule has 112 valence electrons. The molecule has 0 saturated carbocycles. The Kier molecular flexibility index (Phi) is 6.56. The number of ether oxygens (including phenoxy) is 1. The van der Waals surface area contributed by atoms with Crippen molar-refractivity contribution in [3.05, 3.63) is 29.8 Å². The van der Waals surface area contributed by atoms with Crippen molar-refractivity contribution in [2.24, 2.45) is 5.92 Å². The van der Waals surface area contributed by atoms with Crippen LogP contribution in [0.1, 0.15) is 45.1 Å². The van der Waals surface area contributed by atoms with E-state index in [4.69, 9.17) is 4.74 Å². The second-order valence-corrected chi connectivity index (χ2v) is 5.61. The molecule has 1 atom stereocenters. The van der Waals surface area contributed by atoms with E-state index in [0.29, 0.717) is 0 Å². The smallest absolute Gasteiger partial charge is 0.230 e. The predicted octanol–water partition coefficient (Wildman–Crippen LogP) is 3.69. The van der Waals surface area contributed by atoms with Crippen LogP contribution in [0.3, 0.4) is 0 Å². The van der Waals surface area contributed by atoms with Crippen LogP contribution in [-0.2, 0) is 4.79 Å². The lowest BCUT2D eigenvalue weighted by molar-refractivity contribution is -0.132. The molecule has 1 aromatic carbocycles. The molecule has 20 heavy (non-hydrogen) atoms. The van der Waals surface area contributed by atoms with Crippen LogP contribution < -0.4 is 4.74 Å². The van der Waals surface area contributed by atoms with Gasteiger partial charge < -0.3 is 9.64 Å². The Labute approximate surface area is 122 Å². The molecule has 0 aliphatic carbocycles. The Morgan fingerprint density at radius 1 is 1.25 bits per heavy atom. The third-order valence-electron chi connectivity index (χ3n) is 3.63. The van der Waals surface area contributed by atoms with E-state index in [9.17, 15) is 4.79 Å². The van der Waals surface area contributed by atoms with Crippen LogP contribution in [0.4, 0.5) is 0 Å². The molecule has 0 saturated heterocycles. The molecular formula is C17H27NO2. The van der Waals surface area contributed by atoms with Gasteiger partial charge in [0.25, 0.3) is 0 Å². The molecule has 1 rings (SSSR count). The van der Waals surface area contributed by atoms with Crippen LogP contribution in [0.2, 0.25) is 0 Å². The summed E-state index contributed by atoms with van der Waals surface area (Å²) in [6.45, 7) is 7.16. The van der Waals surface area contributed by atoms with Crippen LogP contribution in [-0.4, -0.2) is 31.5 Å². The quantitative estimate of drug-likeness (QED) is 0.760. The molecule has 0 fully saturated rings. The minimum atomic E-state index is -0.0808. The van der Waals surface area contributed by atoms with Crippen LogP contribution in [0.15, 0.2) is 24.3 Å². The van der Waals surface area contributed by atoms with E-state index < -0.39 is 0 Å². The normalized spacial score (nSPS) is 12.3. The number of carbonyl (C=O) groups is 1. The Bertz CT molecular complexity index is 412. The summed E-state index contributed by atoms with van der Waals surface area (Å²) in [5.74, 6) is 1.23. The van der Waals surface area contributed by atoms with Crippen molar-refractivity contribution in [2.45, 2.75) is 39.5 Å². The number of hydrogen-bond donors (Lipinski definition) is 0. The molecule has 3 nitrogen and oxygen atoms in total. The molecule has 0 radical (unpaired) electrons. The van der Waals surface area contributed by atoms with Crippen molar-refractivity contribution < 1.29 is 9.53 Å². The van der Waals surface area contributed by atoms with Gasteiger partial charge in [0.05, 0.1) is 13.0 Å². The summed E-state index contributed by atoms with van der Waals surface area (Å²) < 4.78 is 5.18. The summed E-state index contributed by atoms with van der Waals surface area (Å²) in [6, 6.07) is 7.83. The average Bonchev–Trinajstić information content (AvgIpc) is 2.45. The third-order valence-corrected chi connectivity index (χ3v) is 3.63. The van der Waals surface area contributed by atoms with Gasteiger partial charge in [-0.25, -0.2) is 0 Å². The highest BCUT2D eigenvalue weighted by atomic mass is 16.5. The monoisotopic (exact) mass is 277 g/mol. The Morgan fingerprint density at radius 3 is 2.30 bits per heavy atom. The van der Waals surface area contributed by atoms with Crippen molar-refractivity contribution in [2.75, 3.05) is 20.7 Å². The molecule has 0 spiro atoms. The SMILES string of the molecule is CCCCN(C)C(=O)C(c1ccc(OC)cc1)C(C)C. The van der Waals surface area contributed by atoms with E-state index in [1.54, 1.807) is 7.11 Å². The third kappa shape index (κ3) is 4.26. The van der Waals surface area contributed by atoms with Crippen molar-refractivity contribution in [1.82, 2.24) is 4.90 Å². The molecule has 1 amide bonds. The van der Waals surface area contributed by atoms with E-state index in [1.807, 2.05) is 36.2 Å². The molecule has 0 aromatic heterocycles. The molecule has 1 unspecified atom stereocenters. The number of rotatable bonds is 7. The van der Waals surface area contributed by atoms with Crippen LogP contribution >= 0.6 is 0 Å². The lowest BCUT2D eigenvalue weighted by atomic mass is 9.87. The van der Waals surface area contributed by atoms with Gasteiger partial charge in [-0.3, -0.25) is 4.79 Å². The maximum Gasteiger partial charge on any atom is 0.230 e. The highest BCUT2D eigenvalue weighted by Gasteiger charge is 2.26. The first-order valence-corrected chi connectivity index (χ1v) is 7.40. The second kappa shape index (κ2) is 7.93. The van der Waals surface area contributed by atoms with Crippen LogP contribution in [0, 0.1) is 5.92 Å². The van der Waals surface area contributed by atoms with E-state index in [-0.39, 0.29) is 17.7 Å². The zero-order valence-electron chi connectivity index (χ0n) is 13.3. The number of benzene rings is 1. The Morgan fingerprint density at radius 2 is 1.85 bits per heavy atom. The van der Waals surface area contributed by atoms with E-state index in [1.165, 1.54) is 0 Å². The average molecular weight is 277 g/mol. The van der Waals surface area contributed by atoms with E-state index in [2.05, 4.69) is 20.8 Å². The second-order valence-electron chi connectivity index (χ2n) is 5.61. The highest BCUT2D eigenvalue weighted by molar-refractivity contribution is 5.83. The van der Waals surface area contributed by atoms with Gasteiger partial charge in [0.15, 0.2) is 0 Å². The van der Waals surface area contributed by atoms with Gasteiger partial charge in [-0.1, -0.05) is 39.3 Å². The number of carbonyl (C=O) groups excluding carboxylic acids is 1. The van der Waals surface area contributed by atoms with Crippen LogP contribution in [0.5, 0.6) is 5.75 Å². The number of unbranched alkanes of at least 4 members (excludes halogenated alkanes) is 1. The molecule has 3 heteroatoms. The molecule has 0 heterocycles. The lowest BCUT2D eigenvalue weighted by Gasteiger charge is -2.26. The van der Waals surface area contributed by atoms with Gasteiger partial charge in [-0.05, 0) is 30.0 Å². The zero-order valence-corrected chi connectivity index (χ0v) is 13.3. The Hall–Kier alpha value is -1.51. The fraction of sp³-hybridized carbons (Fsp3) is 0.588. The highest BCUT2D eigenvalue weighted by Crippen LogP contribution is 2.28. The van der Waals surface area contributed by atoms with Crippen molar-refractivity contribution in [3.63, 3.8) is 0 Å². The summed E-state index contributed by atoms with van der Waals surface area (Å²) in [5.41, 5.74) is 1.06. The van der Waals surface area contributed by atoms with Crippen LogP contribution in [0.25, 0.3) is 0 Å². The molecule has 0 N–H and O–H groups in total. The first-order chi connectivity index (χ1) is 9.51. The largest absolute Gasteiger partial charge is 0.497 e. The number of amides is 1. The minimum Gasteiger partial charge on any atom is -0.497 e. The zero-order chi connectivity index (χ0) is 15.1. The van der Waals surface area contributed by atoms with Crippen molar-refractivity contribution in [1.29, 1.82) is 0 Å². The number of hydrogen-bond acceptors (Lipinski definition) is 2. The lowest BCUT2D eigenvalue weighted by Crippen LogP contribution is -2.34. The maximum atomic E-state index is 12.6. The molecule has 1 aromatic rings. The molecule has 0 bridgehead atoms. The summed E-state index contributed by atoms with van der Waals surface area (Å²) in [6.07, 6.45) is 2.15. The fourth-order valence-electron chi connectivity index (χ4n) is 2.37. The molecular weight excluding hydrogens is 250 g/mol. The number of nitrogens with zero attached hydrogens (tertiary/aromatic N) is 1. The molecule has 0 aliphatic heterocycles.